The summed E-state index contributed by atoms with van der Waals surface area (Å²) in [6.07, 6.45) is -1.46. The summed E-state index contributed by atoms with van der Waals surface area (Å²) in [6.45, 7) is 4.69. The van der Waals surface area contributed by atoms with Gasteiger partial charge in [0.25, 0.3) is 0 Å². The van der Waals surface area contributed by atoms with E-state index in [1.807, 2.05) is 19.2 Å². The van der Waals surface area contributed by atoms with Gasteiger partial charge in [-0.2, -0.15) is 0 Å². The highest BCUT2D eigenvalue weighted by atomic mass is 35.5. The molecule has 1 rings (SSSR count). The van der Waals surface area contributed by atoms with Gasteiger partial charge in [-0.1, -0.05) is 11.6 Å². The van der Waals surface area contributed by atoms with Gasteiger partial charge in [0.1, 0.15) is 6.10 Å². The highest BCUT2D eigenvalue weighted by Crippen LogP contribution is 2.31. The van der Waals surface area contributed by atoms with Gasteiger partial charge in [-0.3, -0.25) is 0 Å². The normalized spacial score (nSPS) is 13.4. The molecule has 0 amide bonds. The summed E-state index contributed by atoms with van der Waals surface area (Å²) in [5.74, 6) is 0. The van der Waals surface area contributed by atoms with Crippen molar-refractivity contribution < 1.29 is 14.6 Å². The van der Waals surface area contributed by atoms with Gasteiger partial charge in [0.05, 0.1) is 9.90 Å². The first-order chi connectivity index (χ1) is 7.20. The maximum atomic E-state index is 9.99. The van der Waals surface area contributed by atoms with E-state index in [1.54, 1.807) is 6.07 Å². The number of hydrogen-bond donors (Lipinski definition) is 1. The lowest BCUT2D eigenvalue weighted by atomic mass is 10.3. The van der Waals surface area contributed by atoms with Crippen LogP contribution in [0.3, 0.4) is 0 Å². The van der Waals surface area contributed by atoms with Crippen molar-refractivity contribution in [3.05, 3.63) is 21.3 Å². The first-order valence-corrected chi connectivity index (χ1v) is 6.10. The van der Waals surface area contributed by atoms with Crippen LogP contribution < -0.4 is 0 Å². The zero-order valence-corrected chi connectivity index (χ0v) is 10.3. The number of aliphatic hydroxyl groups is 1. The molecule has 0 saturated carbocycles. The topological polar surface area (TPSA) is 38.7 Å². The molecule has 3 nitrogen and oxygen atoms in total. The number of rotatable bonds is 6. The summed E-state index contributed by atoms with van der Waals surface area (Å²) in [5.41, 5.74) is 0. The third-order valence-corrected chi connectivity index (χ3v) is 3.26. The van der Waals surface area contributed by atoms with Crippen molar-refractivity contribution in [2.45, 2.75) is 26.2 Å². The second-order valence-corrected chi connectivity index (χ2v) is 4.21. The fourth-order valence-corrected chi connectivity index (χ4v) is 2.36. The maximum Gasteiger partial charge on any atom is 0.188 e. The molecular formula is C10H15ClO3S. The SMILES string of the molecule is CCOC(OCC)C(O)c1sccc1Cl. The van der Waals surface area contributed by atoms with Crippen LogP contribution in [0.1, 0.15) is 24.8 Å². The van der Waals surface area contributed by atoms with Gasteiger partial charge < -0.3 is 14.6 Å². The Morgan fingerprint density at radius 1 is 1.40 bits per heavy atom. The van der Waals surface area contributed by atoms with Gasteiger partial charge in [-0.05, 0) is 25.3 Å². The molecule has 1 unspecified atom stereocenters. The summed E-state index contributed by atoms with van der Waals surface area (Å²) in [5, 5.41) is 12.4. The lowest BCUT2D eigenvalue weighted by Crippen LogP contribution is -2.25. The van der Waals surface area contributed by atoms with Crippen molar-refractivity contribution in [3.63, 3.8) is 0 Å². The van der Waals surface area contributed by atoms with Crippen LogP contribution >= 0.6 is 22.9 Å². The van der Waals surface area contributed by atoms with Gasteiger partial charge >= 0.3 is 0 Å². The van der Waals surface area contributed by atoms with Crippen LogP contribution in [0.5, 0.6) is 0 Å². The van der Waals surface area contributed by atoms with Crippen molar-refractivity contribution in [2.75, 3.05) is 13.2 Å². The highest BCUT2D eigenvalue weighted by Gasteiger charge is 2.24. The number of ether oxygens (including phenoxy) is 2. The summed E-state index contributed by atoms with van der Waals surface area (Å²) >= 11 is 7.31. The molecule has 0 aliphatic carbocycles. The van der Waals surface area contributed by atoms with E-state index in [-0.39, 0.29) is 0 Å². The molecule has 0 bridgehead atoms. The molecule has 0 aliphatic heterocycles. The molecule has 1 aromatic rings. The van der Waals surface area contributed by atoms with Gasteiger partial charge in [-0.15, -0.1) is 11.3 Å². The van der Waals surface area contributed by atoms with Gasteiger partial charge in [0, 0.05) is 13.2 Å². The van der Waals surface area contributed by atoms with Crippen molar-refractivity contribution in [3.8, 4) is 0 Å². The minimum Gasteiger partial charge on any atom is -0.382 e. The van der Waals surface area contributed by atoms with E-state index in [9.17, 15) is 5.11 Å². The van der Waals surface area contributed by atoms with Crippen LogP contribution in [-0.4, -0.2) is 24.6 Å². The maximum absolute atomic E-state index is 9.99. The molecule has 1 aromatic heterocycles. The molecule has 0 radical (unpaired) electrons. The average molecular weight is 251 g/mol. The zero-order valence-electron chi connectivity index (χ0n) is 8.77. The molecule has 0 spiro atoms. The number of thiophene rings is 1. The third-order valence-electron chi connectivity index (χ3n) is 1.83. The predicted molar refractivity (Wildman–Crippen MR) is 61.3 cm³/mol. The molecule has 1 atom stereocenters. The highest BCUT2D eigenvalue weighted by molar-refractivity contribution is 7.10. The molecule has 0 saturated heterocycles. The Bertz CT molecular complexity index is 284. The number of halogens is 1. The molecular weight excluding hydrogens is 236 g/mol. The Morgan fingerprint density at radius 2 is 2.00 bits per heavy atom. The number of hydrogen-bond acceptors (Lipinski definition) is 4. The molecule has 1 N–H and O–H groups in total. The lowest BCUT2D eigenvalue weighted by molar-refractivity contribution is -0.190. The van der Waals surface area contributed by atoms with Crippen LogP contribution in [0.2, 0.25) is 5.02 Å². The Hall–Kier alpha value is -0.130. The van der Waals surface area contributed by atoms with E-state index in [2.05, 4.69) is 0 Å². The lowest BCUT2D eigenvalue weighted by Gasteiger charge is -2.21. The summed E-state index contributed by atoms with van der Waals surface area (Å²) < 4.78 is 10.6. The van der Waals surface area contributed by atoms with E-state index in [0.29, 0.717) is 23.1 Å². The summed E-state index contributed by atoms with van der Waals surface area (Å²) in [4.78, 5) is 0.684. The predicted octanol–water partition coefficient (Wildman–Crippen LogP) is 2.83. The van der Waals surface area contributed by atoms with Crippen molar-refractivity contribution >= 4 is 22.9 Å². The Labute approximate surface area is 98.6 Å². The monoisotopic (exact) mass is 250 g/mol. The quantitative estimate of drug-likeness (QED) is 0.789. The van der Waals surface area contributed by atoms with Crippen LogP contribution in [0, 0.1) is 0 Å². The first-order valence-electron chi connectivity index (χ1n) is 4.84. The van der Waals surface area contributed by atoms with Crippen LogP contribution in [0.4, 0.5) is 0 Å². The molecule has 1 heterocycles. The molecule has 0 aliphatic rings. The summed E-state index contributed by atoms with van der Waals surface area (Å²) in [7, 11) is 0. The third kappa shape index (κ3) is 3.43. The number of aliphatic hydroxyl groups excluding tert-OH is 1. The fourth-order valence-electron chi connectivity index (χ4n) is 1.20. The molecule has 0 fully saturated rings. The minimum absolute atomic E-state index is 0.491. The zero-order chi connectivity index (χ0) is 11.3. The summed E-state index contributed by atoms with van der Waals surface area (Å²) in [6, 6.07) is 1.75. The second-order valence-electron chi connectivity index (χ2n) is 2.86. The van der Waals surface area contributed by atoms with E-state index < -0.39 is 12.4 Å². The fraction of sp³-hybridized carbons (Fsp3) is 0.600. The standard InChI is InChI=1S/C10H15ClO3S/c1-3-13-10(14-4-2)8(12)9-7(11)5-6-15-9/h5-6,8,10,12H,3-4H2,1-2H3. The Morgan fingerprint density at radius 3 is 2.40 bits per heavy atom. The van der Waals surface area contributed by atoms with Gasteiger partial charge in [0.2, 0.25) is 0 Å². The Balaban J connectivity index is 2.71. The molecule has 86 valence electrons. The van der Waals surface area contributed by atoms with E-state index in [4.69, 9.17) is 21.1 Å². The Kier molecular flexibility index (Phi) is 5.56. The smallest absolute Gasteiger partial charge is 0.188 e. The van der Waals surface area contributed by atoms with E-state index in [0.717, 1.165) is 0 Å². The first kappa shape index (κ1) is 12.9. The largest absolute Gasteiger partial charge is 0.382 e. The average Bonchev–Trinajstić information content (AvgIpc) is 2.63. The van der Waals surface area contributed by atoms with Crippen molar-refractivity contribution in [1.29, 1.82) is 0 Å². The van der Waals surface area contributed by atoms with E-state index >= 15 is 0 Å². The van der Waals surface area contributed by atoms with Crippen LogP contribution in [0.25, 0.3) is 0 Å². The van der Waals surface area contributed by atoms with Crippen LogP contribution in [-0.2, 0) is 9.47 Å². The van der Waals surface area contributed by atoms with Crippen molar-refractivity contribution in [1.82, 2.24) is 0 Å². The van der Waals surface area contributed by atoms with Gasteiger partial charge in [0.15, 0.2) is 6.29 Å². The molecule has 15 heavy (non-hydrogen) atoms. The van der Waals surface area contributed by atoms with Crippen molar-refractivity contribution in [2.24, 2.45) is 0 Å². The van der Waals surface area contributed by atoms with Crippen LogP contribution in [0.15, 0.2) is 11.4 Å². The van der Waals surface area contributed by atoms with E-state index in [1.165, 1.54) is 11.3 Å². The second kappa shape index (κ2) is 6.45. The molecule has 5 heteroatoms. The minimum atomic E-state index is -0.822. The van der Waals surface area contributed by atoms with Gasteiger partial charge in [-0.25, -0.2) is 0 Å². The molecule has 0 aromatic carbocycles.